The first-order valence-electron chi connectivity index (χ1n) is 8.19. The number of rotatable bonds is 4. The van der Waals surface area contributed by atoms with Crippen molar-refractivity contribution in [3.63, 3.8) is 0 Å². The highest BCUT2D eigenvalue weighted by Gasteiger charge is 2.21. The summed E-state index contributed by atoms with van der Waals surface area (Å²) in [4.78, 5) is 12.2. The highest BCUT2D eigenvalue weighted by Crippen LogP contribution is 2.30. The Kier molecular flexibility index (Phi) is 4.01. The van der Waals surface area contributed by atoms with Crippen molar-refractivity contribution in [3.8, 4) is 11.5 Å². The first kappa shape index (κ1) is 15.5. The topological polar surface area (TPSA) is 73.6 Å². The third-order valence-corrected chi connectivity index (χ3v) is 4.12. The molecule has 0 fully saturated rings. The van der Waals surface area contributed by atoms with Crippen molar-refractivity contribution in [2.24, 2.45) is 0 Å². The molecule has 6 heteroatoms. The molecule has 128 valence electrons. The third kappa shape index (κ3) is 3.28. The number of benzene rings is 2. The summed E-state index contributed by atoms with van der Waals surface area (Å²) >= 11 is 0. The van der Waals surface area contributed by atoms with Crippen molar-refractivity contribution in [2.45, 2.75) is 19.4 Å². The lowest BCUT2D eigenvalue weighted by Crippen LogP contribution is -2.41. The van der Waals surface area contributed by atoms with Crippen LogP contribution in [-0.2, 0) is 11.2 Å². The second-order valence-electron chi connectivity index (χ2n) is 6.11. The van der Waals surface area contributed by atoms with Crippen LogP contribution >= 0.6 is 0 Å². The van der Waals surface area contributed by atoms with E-state index >= 15 is 0 Å². The number of amides is 1. The van der Waals surface area contributed by atoms with Crippen LogP contribution in [0.1, 0.15) is 11.3 Å². The molecule has 0 bridgehead atoms. The molecule has 1 atom stereocenters. The minimum Gasteiger partial charge on any atom is -0.486 e. The summed E-state index contributed by atoms with van der Waals surface area (Å²) in [5.74, 6) is 1.31. The van der Waals surface area contributed by atoms with E-state index in [1.54, 1.807) is 0 Å². The number of ether oxygens (including phenoxy) is 2. The average Bonchev–Trinajstić information content (AvgIpc) is 3.02. The van der Waals surface area contributed by atoms with Crippen LogP contribution in [0.25, 0.3) is 11.0 Å². The molecule has 1 aliphatic heterocycles. The zero-order valence-corrected chi connectivity index (χ0v) is 13.8. The standard InChI is InChI=1S/C19H18N2O4/c1-12-6-7-16-14(8-12)15(21-25-16)9-19(22)20-10-13-11-23-17-4-2-3-5-18(17)24-13/h2-8,13H,9-11H2,1H3,(H,20,22). The molecule has 6 nitrogen and oxygen atoms in total. The second-order valence-corrected chi connectivity index (χ2v) is 6.11. The fourth-order valence-electron chi connectivity index (χ4n) is 2.84. The number of carbonyl (C=O) groups is 1. The van der Waals surface area contributed by atoms with Crippen molar-refractivity contribution < 1.29 is 18.8 Å². The summed E-state index contributed by atoms with van der Waals surface area (Å²) in [5, 5.41) is 7.76. The number of carbonyl (C=O) groups excluding carboxylic acids is 1. The van der Waals surface area contributed by atoms with E-state index in [1.807, 2.05) is 49.4 Å². The second kappa shape index (κ2) is 6.47. The largest absolute Gasteiger partial charge is 0.486 e. The van der Waals surface area contributed by atoms with Crippen LogP contribution < -0.4 is 14.8 Å². The van der Waals surface area contributed by atoms with Gasteiger partial charge in [0, 0.05) is 5.39 Å². The monoisotopic (exact) mass is 338 g/mol. The smallest absolute Gasteiger partial charge is 0.226 e. The Morgan fingerprint density at radius 2 is 2.08 bits per heavy atom. The van der Waals surface area contributed by atoms with E-state index in [4.69, 9.17) is 14.0 Å². The predicted molar refractivity (Wildman–Crippen MR) is 91.8 cm³/mol. The summed E-state index contributed by atoms with van der Waals surface area (Å²) in [6.07, 6.45) is -0.0455. The van der Waals surface area contributed by atoms with Gasteiger partial charge in [-0.3, -0.25) is 4.79 Å². The molecule has 25 heavy (non-hydrogen) atoms. The third-order valence-electron chi connectivity index (χ3n) is 4.12. The zero-order chi connectivity index (χ0) is 17.2. The first-order chi connectivity index (χ1) is 12.2. The van der Waals surface area contributed by atoms with Crippen LogP contribution in [0.15, 0.2) is 47.0 Å². The van der Waals surface area contributed by atoms with Crippen molar-refractivity contribution in [2.75, 3.05) is 13.2 Å². The van der Waals surface area contributed by atoms with Crippen molar-refractivity contribution >= 4 is 16.9 Å². The maximum absolute atomic E-state index is 12.2. The Bertz CT molecular complexity index is 919. The number of aryl methyl sites for hydroxylation is 1. The lowest BCUT2D eigenvalue weighted by atomic mass is 10.1. The highest BCUT2D eigenvalue weighted by molar-refractivity contribution is 5.86. The molecular weight excluding hydrogens is 320 g/mol. The molecule has 1 aliphatic rings. The maximum Gasteiger partial charge on any atom is 0.226 e. The van der Waals surface area contributed by atoms with Gasteiger partial charge in [-0.05, 0) is 31.2 Å². The van der Waals surface area contributed by atoms with Crippen molar-refractivity contribution in [1.82, 2.24) is 10.5 Å². The Labute approximate surface area is 144 Å². The van der Waals surface area contributed by atoms with E-state index in [2.05, 4.69) is 10.5 Å². The Morgan fingerprint density at radius 1 is 1.24 bits per heavy atom. The molecule has 2 aromatic carbocycles. The summed E-state index contributed by atoms with van der Waals surface area (Å²) in [6, 6.07) is 13.3. The molecular formula is C19H18N2O4. The molecule has 3 aromatic rings. The highest BCUT2D eigenvalue weighted by atomic mass is 16.6. The van der Waals surface area contributed by atoms with Gasteiger partial charge in [-0.15, -0.1) is 0 Å². The molecule has 0 radical (unpaired) electrons. The van der Waals surface area contributed by atoms with Gasteiger partial charge >= 0.3 is 0 Å². The van der Waals surface area contributed by atoms with Gasteiger partial charge in [-0.25, -0.2) is 0 Å². The van der Waals surface area contributed by atoms with E-state index in [-0.39, 0.29) is 18.4 Å². The van der Waals surface area contributed by atoms with Crippen LogP contribution in [-0.4, -0.2) is 30.3 Å². The SMILES string of the molecule is Cc1ccc2onc(CC(=O)NCC3COc4ccccc4O3)c2c1. The van der Waals surface area contributed by atoms with Gasteiger partial charge < -0.3 is 19.3 Å². The van der Waals surface area contributed by atoms with Crippen LogP contribution in [0, 0.1) is 6.92 Å². The quantitative estimate of drug-likeness (QED) is 0.792. The Hall–Kier alpha value is -3.02. The normalized spacial score (nSPS) is 16.0. The van der Waals surface area contributed by atoms with Gasteiger partial charge in [0.2, 0.25) is 5.91 Å². The molecule has 1 N–H and O–H groups in total. The fraction of sp³-hybridized carbons (Fsp3) is 0.263. The van der Waals surface area contributed by atoms with E-state index in [1.165, 1.54) is 0 Å². The number of fused-ring (bicyclic) bond motifs is 2. The molecule has 1 aromatic heterocycles. The number of nitrogens with one attached hydrogen (secondary N) is 1. The molecule has 0 spiro atoms. The van der Waals surface area contributed by atoms with E-state index in [0.29, 0.717) is 30.2 Å². The molecule has 1 unspecified atom stereocenters. The van der Waals surface area contributed by atoms with Gasteiger partial charge in [-0.2, -0.15) is 0 Å². The fourth-order valence-corrected chi connectivity index (χ4v) is 2.84. The summed E-state index contributed by atoms with van der Waals surface area (Å²) in [7, 11) is 0. The van der Waals surface area contributed by atoms with Crippen LogP contribution in [0.5, 0.6) is 11.5 Å². The van der Waals surface area contributed by atoms with Crippen molar-refractivity contribution in [1.29, 1.82) is 0 Å². The Morgan fingerprint density at radius 3 is 2.96 bits per heavy atom. The molecule has 0 saturated carbocycles. The van der Waals surface area contributed by atoms with Gasteiger partial charge in [0.05, 0.1) is 13.0 Å². The minimum absolute atomic E-state index is 0.126. The minimum atomic E-state index is -0.213. The van der Waals surface area contributed by atoms with Crippen molar-refractivity contribution in [3.05, 3.63) is 53.7 Å². The number of hydrogen-bond acceptors (Lipinski definition) is 5. The van der Waals surface area contributed by atoms with E-state index < -0.39 is 0 Å². The molecule has 4 rings (SSSR count). The number of para-hydroxylation sites is 2. The molecule has 1 amide bonds. The zero-order valence-electron chi connectivity index (χ0n) is 13.8. The van der Waals surface area contributed by atoms with Gasteiger partial charge in [0.25, 0.3) is 0 Å². The number of nitrogens with zero attached hydrogens (tertiary/aromatic N) is 1. The van der Waals surface area contributed by atoms with Gasteiger partial charge in [0.15, 0.2) is 17.1 Å². The van der Waals surface area contributed by atoms with Crippen LogP contribution in [0.4, 0.5) is 0 Å². The van der Waals surface area contributed by atoms with E-state index in [9.17, 15) is 4.79 Å². The molecule has 2 heterocycles. The summed E-state index contributed by atoms with van der Waals surface area (Å²) in [5.41, 5.74) is 2.43. The van der Waals surface area contributed by atoms with Gasteiger partial charge in [0.1, 0.15) is 18.4 Å². The molecule has 0 aliphatic carbocycles. The average molecular weight is 338 g/mol. The van der Waals surface area contributed by atoms with Crippen LogP contribution in [0.3, 0.4) is 0 Å². The summed E-state index contributed by atoms with van der Waals surface area (Å²) in [6.45, 7) is 2.78. The lowest BCUT2D eigenvalue weighted by Gasteiger charge is -2.26. The van der Waals surface area contributed by atoms with Gasteiger partial charge in [-0.1, -0.05) is 28.9 Å². The first-order valence-corrected chi connectivity index (χ1v) is 8.19. The Balaban J connectivity index is 1.36. The maximum atomic E-state index is 12.2. The number of hydrogen-bond donors (Lipinski definition) is 1. The lowest BCUT2D eigenvalue weighted by molar-refractivity contribution is -0.121. The summed E-state index contributed by atoms with van der Waals surface area (Å²) < 4.78 is 16.7. The van der Waals surface area contributed by atoms with E-state index in [0.717, 1.165) is 16.7 Å². The van der Waals surface area contributed by atoms with Crippen LogP contribution in [0.2, 0.25) is 0 Å². The predicted octanol–water partition coefficient (Wildman–Crippen LogP) is 2.63. The molecule has 0 saturated heterocycles. The number of aromatic nitrogens is 1.